The highest BCUT2D eigenvalue weighted by Gasteiger charge is 2.18. The van der Waals surface area contributed by atoms with Crippen LogP contribution in [0.4, 0.5) is 10.1 Å². The second kappa shape index (κ2) is 7.04. The molecule has 1 aromatic heterocycles. The minimum atomic E-state index is -3.69. The Bertz CT molecular complexity index is 1320. The van der Waals surface area contributed by atoms with Crippen LogP contribution < -0.4 is 4.72 Å². The molecule has 3 aromatic carbocycles. The van der Waals surface area contributed by atoms with Gasteiger partial charge in [-0.25, -0.2) is 12.8 Å². The van der Waals surface area contributed by atoms with E-state index >= 15 is 0 Å². The second-order valence-corrected chi connectivity index (χ2v) is 8.95. The van der Waals surface area contributed by atoms with Gasteiger partial charge >= 0.3 is 0 Å². The number of hydrogen-bond acceptors (Lipinski definition) is 2. The van der Waals surface area contributed by atoms with E-state index in [2.05, 4.69) is 9.71 Å². The molecule has 0 saturated carbocycles. The van der Waals surface area contributed by atoms with E-state index in [-0.39, 0.29) is 10.7 Å². The summed E-state index contributed by atoms with van der Waals surface area (Å²) in [5.74, 6) is -0.283. The summed E-state index contributed by atoms with van der Waals surface area (Å²) in [6, 6.07) is 17.1. The van der Waals surface area contributed by atoms with Crippen LogP contribution in [0.5, 0.6) is 0 Å². The number of anilines is 1. The van der Waals surface area contributed by atoms with E-state index in [4.69, 9.17) is 0 Å². The van der Waals surface area contributed by atoms with Crippen LogP contribution in [0.15, 0.2) is 65.6 Å². The minimum Gasteiger partial charge on any atom is -0.355 e. The standard InChI is InChI=1S/C23H21FN2O2S/c1-14-10-16(3)23(11-15(14)2)29(27,28)26-20-7-4-17(5-8-20)22-13-18-12-19(24)6-9-21(18)25-22/h4-13,25-26H,1-3H3. The maximum atomic E-state index is 13.4. The SMILES string of the molecule is Cc1cc(C)c(S(=O)(=O)Nc2ccc(-c3cc4cc(F)ccc4[nH]3)cc2)cc1C. The molecular formula is C23H21FN2O2S. The lowest BCUT2D eigenvalue weighted by atomic mass is 10.1. The lowest BCUT2D eigenvalue weighted by Crippen LogP contribution is -2.14. The van der Waals surface area contributed by atoms with Crippen LogP contribution in [-0.2, 0) is 10.0 Å². The van der Waals surface area contributed by atoms with Gasteiger partial charge < -0.3 is 4.98 Å². The summed E-state index contributed by atoms with van der Waals surface area (Å²) < 4.78 is 41.7. The molecule has 0 aliphatic rings. The molecular weight excluding hydrogens is 387 g/mol. The summed E-state index contributed by atoms with van der Waals surface area (Å²) in [6.45, 7) is 5.65. The number of sulfonamides is 1. The summed E-state index contributed by atoms with van der Waals surface area (Å²) in [5, 5.41) is 0.787. The number of rotatable bonds is 4. The van der Waals surface area contributed by atoms with Crippen LogP contribution in [0, 0.1) is 26.6 Å². The van der Waals surface area contributed by atoms with Crippen molar-refractivity contribution in [1.29, 1.82) is 0 Å². The third-order valence-corrected chi connectivity index (χ3v) is 6.63. The summed E-state index contributed by atoms with van der Waals surface area (Å²) in [5.41, 5.74) is 5.75. The average Bonchev–Trinajstić information content (AvgIpc) is 3.08. The zero-order valence-corrected chi connectivity index (χ0v) is 17.2. The zero-order chi connectivity index (χ0) is 20.8. The van der Waals surface area contributed by atoms with Crippen molar-refractivity contribution in [3.63, 3.8) is 0 Å². The molecule has 148 valence electrons. The molecule has 0 saturated heterocycles. The molecule has 0 unspecified atom stereocenters. The Balaban J connectivity index is 1.61. The summed E-state index contributed by atoms with van der Waals surface area (Å²) in [4.78, 5) is 3.53. The largest absolute Gasteiger partial charge is 0.355 e. The number of fused-ring (bicyclic) bond motifs is 1. The molecule has 6 heteroatoms. The van der Waals surface area contributed by atoms with Crippen LogP contribution in [0.3, 0.4) is 0 Å². The summed E-state index contributed by atoms with van der Waals surface area (Å²) in [7, 11) is -3.69. The van der Waals surface area contributed by atoms with Gasteiger partial charge in [-0.05, 0) is 85.5 Å². The molecule has 0 atom stereocenters. The first-order valence-electron chi connectivity index (χ1n) is 9.22. The van der Waals surface area contributed by atoms with Crippen LogP contribution in [0.25, 0.3) is 22.2 Å². The Kier molecular flexibility index (Phi) is 4.67. The fourth-order valence-electron chi connectivity index (χ4n) is 3.41. The van der Waals surface area contributed by atoms with E-state index in [1.54, 1.807) is 31.2 Å². The highest BCUT2D eigenvalue weighted by Crippen LogP contribution is 2.27. The Morgan fingerprint density at radius 2 is 1.52 bits per heavy atom. The van der Waals surface area contributed by atoms with Crippen molar-refractivity contribution < 1.29 is 12.8 Å². The Morgan fingerprint density at radius 1 is 0.828 bits per heavy atom. The number of halogens is 1. The molecule has 0 bridgehead atoms. The van der Waals surface area contributed by atoms with Gasteiger partial charge in [0.25, 0.3) is 10.0 Å². The number of H-pyrrole nitrogens is 1. The van der Waals surface area contributed by atoms with Crippen molar-refractivity contribution in [2.24, 2.45) is 0 Å². The molecule has 0 amide bonds. The molecule has 0 fully saturated rings. The monoisotopic (exact) mass is 408 g/mol. The lowest BCUT2D eigenvalue weighted by molar-refractivity contribution is 0.600. The minimum absolute atomic E-state index is 0.280. The normalized spacial score (nSPS) is 11.7. The van der Waals surface area contributed by atoms with Crippen molar-refractivity contribution in [2.45, 2.75) is 25.7 Å². The highest BCUT2D eigenvalue weighted by molar-refractivity contribution is 7.92. The van der Waals surface area contributed by atoms with Gasteiger partial charge in [0.15, 0.2) is 0 Å². The topological polar surface area (TPSA) is 62.0 Å². The van der Waals surface area contributed by atoms with Gasteiger partial charge in [0.2, 0.25) is 0 Å². The Morgan fingerprint density at radius 3 is 2.24 bits per heavy atom. The van der Waals surface area contributed by atoms with Gasteiger partial charge in [-0.3, -0.25) is 4.72 Å². The third-order valence-electron chi connectivity index (χ3n) is 5.11. The third kappa shape index (κ3) is 3.76. The van der Waals surface area contributed by atoms with E-state index < -0.39 is 10.0 Å². The van der Waals surface area contributed by atoms with Crippen molar-refractivity contribution >= 4 is 26.6 Å². The lowest BCUT2D eigenvalue weighted by Gasteiger charge is -2.13. The maximum Gasteiger partial charge on any atom is 0.262 e. The molecule has 1 heterocycles. The quantitative estimate of drug-likeness (QED) is 0.455. The first kappa shape index (κ1) is 19.2. The number of aryl methyl sites for hydroxylation is 3. The van der Waals surface area contributed by atoms with Gasteiger partial charge in [-0.15, -0.1) is 0 Å². The van der Waals surface area contributed by atoms with E-state index in [0.717, 1.165) is 33.3 Å². The molecule has 0 radical (unpaired) electrons. The van der Waals surface area contributed by atoms with E-state index in [0.29, 0.717) is 11.3 Å². The van der Waals surface area contributed by atoms with E-state index in [9.17, 15) is 12.8 Å². The van der Waals surface area contributed by atoms with Gasteiger partial charge in [0.1, 0.15) is 5.82 Å². The van der Waals surface area contributed by atoms with Crippen LogP contribution in [0.2, 0.25) is 0 Å². The summed E-state index contributed by atoms with van der Waals surface area (Å²) >= 11 is 0. The molecule has 4 rings (SSSR count). The fourth-order valence-corrected chi connectivity index (χ4v) is 4.78. The van der Waals surface area contributed by atoms with Gasteiger partial charge in [0.05, 0.1) is 4.90 Å². The molecule has 4 aromatic rings. The molecule has 0 spiro atoms. The number of hydrogen-bond donors (Lipinski definition) is 2. The number of aromatic amines is 1. The average molecular weight is 408 g/mol. The van der Waals surface area contributed by atoms with E-state index in [1.807, 2.05) is 38.1 Å². The second-order valence-electron chi connectivity index (χ2n) is 7.30. The van der Waals surface area contributed by atoms with Crippen molar-refractivity contribution in [3.05, 3.63) is 83.2 Å². The van der Waals surface area contributed by atoms with Gasteiger partial charge in [-0.2, -0.15) is 0 Å². The van der Waals surface area contributed by atoms with Crippen LogP contribution >= 0.6 is 0 Å². The maximum absolute atomic E-state index is 13.4. The van der Waals surface area contributed by atoms with Gasteiger partial charge in [-0.1, -0.05) is 18.2 Å². The van der Waals surface area contributed by atoms with Crippen LogP contribution in [-0.4, -0.2) is 13.4 Å². The molecule has 2 N–H and O–H groups in total. The molecule has 4 nitrogen and oxygen atoms in total. The Labute approximate surface area is 169 Å². The van der Waals surface area contributed by atoms with Crippen molar-refractivity contribution in [2.75, 3.05) is 4.72 Å². The van der Waals surface area contributed by atoms with Crippen LogP contribution in [0.1, 0.15) is 16.7 Å². The Hall–Kier alpha value is -3.12. The summed E-state index contributed by atoms with van der Waals surface area (Å²) in [6.07, 6.45) is 0. The molecule has 0 aliphatic carbocycles. The smallest absolute Gasteiger partial charge is 0.262 e. The molecule has 29 heavy (non-hydrogen) atoms. The predicted molar refractivity (Wildman–Crippen MR) is 115 cm³/mol. The first-order valence-corrected chi connectivity index (χ1v) is 10.7. The van der Waals surface area contributed by atoms with E-state index in [1.165, 1.54) is 12.1 Å². The number of benzene rings is 3. The number of aromatic nitrogens is 1. The fraction of sp³-hybridized carbons (Fsp3) is 0.130. The number of nitrogens with one attached hydrogen (secondary N) is 2. The van der Waals surface area contributed by atoms with Crippen molar-refractivity contribution in [3.8, 4) is 11.3 Å². The highest BCUT2D eigenvalue weighted by atomic mass is 32.2. The molecule has 0 aliphatic heterocycles. The zero-order valence-electron chi connectivity index (χ0n) is 16.4. The first-order chi connectivity index (χ1) is 13.7. The van der Waals surface area contributed by atoms with Gasteiger partial charge in [0, 0.05) is 22.3 Å². The van der Waals surface area contributed by atoms with Crippen molar-refractivity contribution in [1.82, 2.24) is 4.98 Å². The predicted octanol–water partition coefficient (Wildman–Crippen LogP) is 5.70.